The summed E-state index contributed by atoms with van der Waals surface area (Å²) in [5.74, 6) is 1.82. The van der Waals surface area contributed by atoms with Crippen LogP contribution in [0.2, 0.25) is 0 Å². The number of nitrogens with two attached hydrogens (primary N) is 1. The van der Waals surface area contributed by atoms with Crippen LogP contribution in [0.5, 0.6) is 5.75 Å². The molecule has 1 heterocycles. The van der Waals surface area contributed by atoms with Crippen molar-refractivity contribution in [1.82, 2.24) is 9.97 Å². The van der Waals surface area contributed by atoms with Crippen molar-refractivity contribution in [2.24, 2.45) is 0 Å². The Balaban J connectivity index is 2.23. The van der Waals surface area contributed by atoms with Crippen LogP contribution in [-0.2, 0) is 0 Å². The lowest BCUT2D eigenvalue weighted by atomic mass is 10.3. The monoisotopic (exact) mass is 308 g/mol. The minimum absolute atomic E-state index is 0.397. The lowest BCUT2D eigenvalue weighted by molar-refractivity contribution is 0.340. The molecule has 0 atom stereocenters. The first kappa shape index (κ1) is 12.6. The molecule has 0 saturated carbocycles. The van der Waals surface area contributed by atoms with Gasteiger partial charge in [-0.15, -0.1) is 0 Å². The highest BCUT2D eigenvalue weighted by Gasteiger charge is 2.06. The van der Waals surface area contributed by atoms with Crippen LogP contribution in [0.4, 0.5) is 17.3 Å². The third-order valence-corrected chi connectivity index (χ3v) is 3.01. The summed E-state index contributed by atoms with van der Waals surface area (Å²) in [4.78, 5) is 8.00. The Morgan fingerprint density at radius 2 is 2.22 bits per heavy atom. The van der Waals surface area contributed by atoms with Gasteiger partial charge in [0.15, 0.2) is 0 Å². The van der Waals surface area contributed by atoms with Gasteiger partial charge in [0.1, 0.15) is 28.2 Å². The second kappa shape index (κ2) is 5.68. The fourth-order valence-electron chi connectivity index (χ4n) is 1.44. The van der Waals surface area contributed by atoms with Gasteiger partial charge in [0.05, 0.1) is 6.61 Å². The van der Waals surface area contributed by atoms with Gasteiger partial charge in [-0.25, -0.2) is 9.97 Å². The van der Waals surface area contributed by atoms with E-state index in [0.717, 1.165) is 11.4 Å². The molecule has 6 heteroatoms. The Bertz CT molecular complexity index is 547. The van der Waals surface area contributed by atoms with Crippen LogP contribution in [0.1, 0.15) is 6.92 Å². The number of halogens is 1. The maximum Gasteiger partial charge on any atom is 0.150 e. The van der Waals surface area contributed by atoms with Gasteiger partial charge in [0.25, 0.3) is 0 Å². The van der Waals surface area contributed by atoms with Crippen molar-refractivity contribution < 1.29 is 4.74 Å². The average molecular weight is 309 g/mol. The number of hydrogen-bond donors (Lipinski definition) is 2. The van der Waals surface area contributed by atoms with E-state index < -0.39 is 0 Å². The molecule has 0 aliphatic carbocycles. The standard InChI is InChI=1S/C12H13BrN4O/c1-2-18-9-5-3-4-8(6-9)17-12-10(13)11(14)15-7-16-12/h3-7H,2H2,1H3,(H3,14,15,16,17). The number of benzene rings is 1. The Hall–Kier alpha value is -1.82. The minimum Gasteiger partial charge on any atom is -0.494 e. The van der Waals surface area contributed by atoms with Gasteiger partial charge in [0.2, 0.25) is 0 Å². The van der Waals surface area contributed by atoms with E-state index in [-0.39, 0.29) is 0 Å². The first-order chi connectivity index (χ1) is 8.70. The van der Waals surface area contributed by atoms with Crippen LogP contribution >= 0.6 is 15.9 Å². The van der Waals surface area contributed by atoms with Crippen molar-refractivity contribution in [1.29, 1.82) is 0 Å². The van der Waals surface area contributed by atoms with Crippen molar-refractivity contribution in [3.8, 4) is 5.75 Å². The predicted octanol–water partition coefficient (Wildman–Crippen LogP) is 2.96. The quantitative estimate of drug-likeness (QED) is 0.908. The van der Waals surface area contributed by atoms with E-state index in [9.17, 15) is 0 Å². The van der Waals surface area contributed by atoms with Crippen LogP contribution in [0.25, 0.3) is 0 Å². The number of anilines is 3. The zero-order valence-electron chi connectivity index (χ0n) is 9.85. The summed E-state index contributed by atoms with van der Waals surface area (Å²) >= 11 is 3.34. The lowest BCUT2D eigenvalue weighted by Gasteiger charge is -2.10. The molecule has 0 bridgehead atoms. The van der Waals surface area contributed by atoms with E-state index in [1.807, 2.05) is 31.2 Å². The highest BCUT2D eigenvalue weighted by molar-refractivity contribution is 9.10. The molecule has 0 amide bonds. The molecule has 3 N–H and O–H groups in total. The number of nitrogens with zero attached hydrogens (tertiary/aromatic N) is 2. The van der Waals surface area contributed by atoms with Crippen molar-refractivity contribution in [3.63, 3.8) is 0 Å². The number of nitrogens with one attached hydrogen (secondary N) is 1. The molecule has 0 unspecified atom stereocenters. The Kier molecular flexibility index (Phi) is 3.99. The summed E-state index contributed by atoms with van der Waals surface area (Å²) in [6.07, 6.45) is 1.41. The van der Waals surface area contributed by atoms with Crippen LogP contribution in [0, 0.1) is 0 Å². The number of ether oxygens (including phenoxy) is 1. The van der Waals surface area contributed by atoms with Crippen LogP contribution in [0.3, 0.4) is 0 Å². The summed E-state index contributed by atoms with van der Waals surface area (Å²) in [6.45, 7) is 2.58. The molecule has 0 fully saturated rings. The first-order valence-corrected chi connectivity index (χ1v) is 6.26. The van der Waals surface area contributed by atoms with Gasteiger partial charge in [0, 0.05) is 11.8 Å². The van der Waals surface area contributed by atoms with Crippen LogP contribution in [0.15, 0.2) is 35.1 Å². The summed E-state index contributed by atoms with van der Waals surface area (Å²) in [5, 5.41) is 3.15. The molecule has 94 valence electrons. The molecule has 0 aliphatic rings. The molecule has 18 heavy (non-hydrogen) atoms. The molecule has 1 aromatic carbocycles. The maximum atomic E-state index is 5.69. The van der Waals surface area contributed by atoms with Gasteiger partial charge in [-0.1, -0.05) is 6.07 Å². The van der Waals surface area contributed by atoms with Gasteiger partial charge in [-0.05, 0) is 35.0 Å². The highest BCUT2D eigenvalue weighted by Crippen LogP contribution is 2.28. The second-order valence-corrected chi connectivity index (χ2v) is 4.30. The normalized spacial score (nSPS) is 10.1. The Labute approximate surface area is 114 Å². The fourth-order valence-corrected chi connectivity index (χ4v) is 1.74. The molecule has 2 aromatic rings. The molecule has 0 radical (unpaired) electrons. The number of nitrogen functional groups attached to an aromatic ring is 1. The van der Waals surface area contributed by atoms with Gasteiger partial charge >= 0.3 is 0 Å². The molecule has 0 spiro atoms. The first-order valence-electron chi connectivity index (χ1n) is 5.46. The van der Waals surface area contributed by atoms with E-state index in [0.29, 0.717) is 22.7 Å². The van der Waals surface area contributed by atoms with E-state index in [1.54, 1.807) is 0 Å². The fraction of sp³-hybridized carbons (Fsp3) is 0.167. The third kappa shape index (κ3) is 2.89. The van der Waals surface area contributed by atoms with E-state index in [2.05, 4.69) is 31.2 Å². The summed E-state index contributed by atoms with van der Waals surface area (Å²) < 4.78 is 6.07. The van der Waals surface area contributed by atoms with Crippen molar-refractivity contribution >= 4 is 33.3 Å². The topological polar surface area (TPSA) is 73.1 Å². The Morgan fingerprint density at radius 3 is 3.00 bits per heavy atom. The van der Waals surface area contributed by atoms with E-state index in [1.165, 1.54) is 6.33 Å². The molecule has 5 nitrogen and oxygen atoms in total. The van der Waals surface area contributed by atoms with Crippen molar-refractivity contribution in [2.45, 2.75) is 6.92 Å². The van der Waals surface area contributed by atoms with Crippen molar-refractivity contribution in [3.05, 3.63) is 35.1 Å². The number of aromatic nitrogens is 2. The number of rotatable bonds is 4. The summed E-state index contributed by atoms with van der Waals surface area (Å²) in [6, 6.07) is 7.63. The molecular weight excluding hydrogens is 296 g/mol. The van der Waals surface area contributed by atoms with Crippen LogP contribution < -0.4 is 15.8 Å². The smallest absolute Gasteiger partial charge is 0.150 e. The average Bonchev–Trinajstić information content (AvgIpc) is 2.36. The molecule has 2 rings (SSSR count). The maximum absolute atomic E-state index is 5.69. The molecule has 1 aromatic heterocycles. The Morgan fingerprint density at radius 1 is 1.39 bits per heavy atom. The van der Waals surface area contributed by atoms with Gasteiger partial charge < -0.3 is 15.8 Å². The second-order valence-electron chi connectivity index (χ2n) is 3.51. The predicted molar refractivity (Wildman–Crippen MR) is 75.0 cm³/mol. The van der Waals surface area contributed by atoms with Gasteiger partial charge in [-0.2, -0.15) is 0 Å². The molecular formula is C12H13BrN4O. The molecule has 0 aliphatic heterocycles. The lowest BCUT2D eigenvalue weighted by Crippen LogP contribution is -2.00. The zero-order chi connectivity index (χ0) is 13.0. The van der Waals surface area contributed by atoms with Crippen LogP contribution in [-0.4, -0.2) is 16.6 Å². The highest BCUT2D eigenvalue weighted by atomic mass is 79.9. The third-order valence-electron chi connectivity index (χ3n) is 2.22. The van der Waals surface area contributed by atoms with Crippen molar-refractivity contribution in [2.75, 3.05) is 17.7 Å². The minimum atomic E-state index is 0.397. The van der Waals surface area contributed by atoms with E-state index in [4.69, 9.17) is 10.5 Å². The number of hydrogen-bond acceptors (Lipinski definition) is 5. The van der Waals surface area contributed by atoms with E-state index >= 15 is 0 Å². The largest absolute Gasteiger partial charge is 0.494 e. The zero-order valence-corrected chi connectivity index (χ0v) is 11.4. The van der Waals surface area contributed by atoms with Gasteiger partial charge in [-0.3, -0.25) is 0 Å². The molecule has 0 saturated heterocycles. The summed E-state index contributed by atoms with van der Waals surface area (Å²) in [7, 11) is 0. The SMILES string of the molecule is CCOc1cccc(Nc2ncnc(N)c2Br)c1. The summed E-state index contributed by atoms with van der Waals surface area (Å²) in [5.41, 5.74) is 6.56.